The van der Waals surface area contributed by atoms with Gasteiger partial charge in [0.25, 0.3) is 0 Å². The van der Waals surface area contributed by atoms with Gasteiger partial charge in [-0.2, -0.15) is 5.10 Å². The summed E-state index contributed by atoms with van der Waals surface area (Å²) in [6, 6.07) is 10.1. The van der Waals surface area contributed by atoms with Crippen LogP contribution in [0.25, 0.3) is 22.2 Å². The van der Waals surface area contributed by atoms with Crippen molar-refractivity contribution in [3.63, 3.8) is 0 Å². The topological polar surface area (TPSA) is 57.0 Å². The van der Waals surface area contributed by atoms with Gasteiger partial charge in [-0.3, -0.25) is 4.68 Å². The molecule has 3 aromatic rings. The number of hydrogen-bond donors (Lipinski definition) is 1. The average Bonchev–Trinajstić information content (AvgIpc) is 2.93. The Labute approximate surface area is 105 Å². The van der Waals surface area contributed by atoms with Crippen LogP contribution in [0.5, 0.6) is 0 Å². The van der Waals surface area contributed by atoms with Crippen LogP contribution in [-0.4, -0.2) is 16.3 Å². The molecule has 0 fully saturated rings. The zero-order chi connectivity index (χ0) is 12.5. The van der Waals surface area contributed by atoms with Gasteiger partial charge in [-0.05, 0) is 18.7 Å². The second kappa shape index (κ2) is 4.31. The zero-order valence-corrected chi connectivity index (χ0v) is 10.3. The number of rotatable bonds is 3. The standard InChI is InChI=1S/C14H15N3O/c1-17-13(8-10(16-17)6-7-15)12-9-18-14-5-3-2-4-11(12)14/h2-5,8-9H,6-7,15H2,1H3. The van der Waals surface area contributed by atoms with Crippen molar-refractivity contribution in [2.24, 2.45) is 12.8 Å². The summed E-state index contributed by atoms with van der Waals surface area (Å²) in [5, 5.41) is 5.57. The summed E-state index contributed by atoms with van der Waals surface area (Å²) in [5.41, 5.74) is 9.60. The van der Waals surface area contributed by atoms with E-state index in [1.807, 2.05) is 29.9 Å². The minimum Gasteiger partial charge on any atom is -0.464 e. The summed E-state index contributed by atoms with van der Waals surface area (Å²) in [6.07, 6.45) is 2.58. The number of aryl methyl sites for hydroxylation is 1. The molecule has 0 saturated carbocycles. The highest BCUT2D eigenvalue weighted by Crippen LogP contribution is 2.30. The molecule has 0 spiro atoms. The molecule has 18 heavy (non-hydrogen) atoms. The smallest absolute Gasteiger partial charge is 0.134 e. The van der Waals surface area contributed by atoms with Gasteiger partial charge >= 0.3 is 0 Å². The van der Waals surface area contributed by atoms with Crippen LogP contribution < -0.4 is 5.73 Å². The van der Waals surface area contributed by atoms with E-state index in [2.05, 4.69) is 17.2 Å². The highest BCUT2D eigenvalue weighted by Gasteiger charge is 2.12. The van der Waals surface area contributed by atoms with Crippen LogP contribution in [0.4, 0.5) is 0 Å². The molecule has 4 nitrogen and oxygen atoms in total. The fourth-order valence-corrected chi connectivity index (χ4v) is 2.22. The summed E-state index contributed by atoms with van der Waals surface area (Å²) in [4.78, 5) is 0. The molecule has 0 radical (unpaired) electrons. The third kappa shape index (κ3) is 1.71. The van der Waals surface area contributed by atoms with Crippen LogP contribution in [0.2, 0.25) is 0 Å². The summed E-state index contributed by atoms with van der Waals surface area (Å²) in [5.74, 6) is 0. The highest BCUT2D eigenvalue weighted by molar-refractivity contribution is 5.92. The van der Waals surface area contributed by atoms with Crippen molar-refractivity contribution < 1.29 is 4.42 Å². The summed E-state index contributed by atoms with van der Waals surface area (Å²) < 4.78 is 7.44. The number of hydrogen-bond acceptors (Lipinski definition) is 3. The summed E-state index contributed by atoms with van der Waals surface area (Å²) >= 11 is 0. The molecule has 0 aliphatic rings. The van der Waals surface area contributed by atoms with Gasteiger partial charge in [0.2, 0.25) is 0 Å². The van der Waals surface area contributed by atoms with Gasteiger partial charge in [-0.15, -0.1) is 0 Å². The van der Waals surface area contributed by atoms with Crippen LogP contribution in [-0.2, 0) is 13.5 Å². The second-order valence-corrected chi connectivity index (χ2v) is 4.33. The number of benzene rings is 1. The molecular weight excluding hydrogens is 226 g/mol. The number of fused-ring (bicyclic) bond motifs is 1. The lowest BCUT2D eigenvalue weighted by Gasteiger charge is -1.97. The van der Waals surface area contributed by atoms with Gasteiger partial charge in [-0.1, -0.05) is 18.2 Å². The molecule has 2 heterocycles. The molecular formula is C14H15N3O. The molecule has 3 rings (SSSR count). The van der Waals surface area contributed by atoms with Gasteiger partial charge in [0.1, 0.15) is 11.8 Å². The third-order valence-corrected chi connectivity index (χ3v) is 3.09. The Balaban J connectivity index is 2.14. The lowest BCUT2D eigenvalue weighted by molar-refractivity contribution is 0.616. The van der Waals surface area contributed by atoms with E-state index in [4.69, 9.17) is 10.2 Å². The van der Waals surface area contributed by atoms with E-state index in [9.17, 15) is 0 Å². The molecule has 2 aromatic heterocycles. The normalized spacial score (nSPS) is 11.2. The largest absolute Gasteiger partial charge is 0.464 e. The van der Waals surface area contributed by atoms with E-state index in [-0.39, 0.29) is 0 Å². The molecule has 0 saturated heterocycles. The van der Waals surface area contributed by atoms with Crippen molar-refractivity contribution in [1.29, 1.82) is 0 Å². The molecule has 0 aliphatic heterocycles. The number of para-hydroxylation sites is 1. The van der Waals surface area contributed by atoms with Crippen molar-refractivity contribution in [3.8, 4) is 11.3 Å². The highest BCUT2D eigenvalue weighted by atomic mass is 16.3. The van der Waals surface area contributed by atoms with Crippen molar-refractivity contribution in [2.45, 2.75) is 6.42 Å². The lowest BCUT2D eigenvalue weighted by atomic mass is 10.1. The maximum atomic E-state index is 5.56. The maximum Gasteiger partial charge on any atom is 0.134 e. The number of furan rings is 1. The lowest BCUT2D eigenvalue weighted by Crippen LogP contribution is -2.03. The minimum absolute atomic E-state index is 0.614. The molecule has 0 bridgehead atoms. The first-order valence-electron chi connectivity index (χ1n) is 5.99. The summed E-state index contributed by atoms with van der Waals surface area (Å²) in [7, 11) is 1.94. The molecule has 4 heteroatoms. The van der Waals surface area contributed by atoms with Crippen LogP contribution in [0.3, 0.4) is 0 Å². The van der Waals surface area contributed by atoms with Crippen molar-refractivity contribution in [1.82, 2.24) is 9.78 Å². The maximum absolute atomic E-state index is 5.56. The second-order valence-electron chi connectivity index (χ2n) is 4.33. The first kappa shape index (κ1) is 11.0. The molecule has 0 atom stereocenters. The van der Waals surface area contributed by atoms with E-state index >= 15 is 0 Å². The van der Waals surface area contributed by atoms with Crippen molar-refractivity contribution in [3.05, 3.63) is 42.3 Å². The Morgan fingerprint density at radius 2 is 2.17 bits per heavy atom. The Kier molecular flexibility index (Phi) is 2.64. The zero-order valence-electron chi connectivity index (χ0n) is 10.3. The van der Waals surface area contributed by atoms with Crippen LogP contribution >= 0.6 is 0 Å². The number of nitrogens with two attached hydrogens (primary N) is 1. The van der Waals surface area contributed by atoms with Crippen LogP contribution in [0, 0.1) is 0 Å². The Hall–Kier alpha value is -2.07. The van der Waals surface area contributed by atoms with Crippen molar-refractivity contribution >= 4 is 11.0 Å². The Morgan fingerprint density at radius 1 is 1.33 bits per heavy atom. The summed E-state index contributed by atoms with van der Waals surface area (Å²) in [6.45, 7) is 0.614. The molecule has 0 aliphatic carbocycles. The third-order valence-electron chi connectivity index (χ3n) is 3.09. The van der Waals surface area contributed by atoms with E-state index in [0.717, 1.165) is 34.3 Å². The molecule has 0 unspecified atom stereocenters. The SMILES string of the molecule is Cn1nc(CCN)cc1-c1coc2ccccc12. The molecule has 1 aromatic carbocycles. The fourth-order valence-electron chi connectivity index (χ4n) is 2.22. The van der Waals surface area contributed by atoms with Gasteiger partial charge in [0.15, 0.2) is 0 Å². The number of aromatic nitrogens is 2. The Bertz CT molecular complexity index is 681. The van der Waals surface area contributed by atoms with E-state index in [0.29, 0.717) is 6.54 Å². The first-order chi connectivity index (χ1) is 8.79. The number of nitrogens with zero attached hydrogens (tertiary/aromatic N) is 2. The van der Waals surface area contributed by atoms with Gasteiger partial charge in [0.05, 0.1) is 11.4 Å². The monoisotopic (exact) mass is 241 g/mol. The van der Waals surface area contributed by atoms with Gasteiger partial charge < -0.3 is 10.2 Å². The van der Waals surface area contributed by atoms with E-state index in [1.165, 1.54) is 0 Å². The fraction of sp³-hybridized carbons (Fsp3) is 0.214. The predicted molar refractivity (Wildman–Crippen MR) is 71.2 cm³/mol. The quantitative estimate of drug-likeness (QED) is 0.765. The molecule has 2 N–H and O–H groups in total. The molecule has 0 amide bonds. The molecule has 92 valence electrons. The van der Waals surface area contributed by atoms with Gasteiger partial charge in [0, 0.05) is 24.4 Å². The van der Waals surface area contributed by atoms with Crippen LogP contribution in [0.1, 0.15) is 5.69 Å². The van der Waals surface area contributed by atoms with E-state index < -0.39 is 0 Å². The first-order valence-corrected chi connectivity index (χ1v) is 5.99. The Morgan fingerprint density at radius 3 is 3.00 bits per heavy atom. The average molecular weight is 241 g/mol. The minimum atomic E-state index is 0.614. The van der Waals surface area contributed by atoms with Gasteiger partial charge in [-0.25, -0.2) is 0 Å². The van der Waals surface area contributed by atoms with E-state index in [1.54, 1.807) is 6.26 Å². The van der Waals surface area contributed by atoms with Crippen LogP contribution in [0.15, 0.2) is 41.0 Å². The van der Waals surface area contributed by atoms with Crippen molar-refractivity contribution in [2.75, 3.05) is 6.54 Å². The predicted octanol–water partition coefficient (Wildman–Crippen LogP) is 2.33.